The van der Waals surface area contributed by atoms with Crippen molar-refractivity contribution in [2.24, 2.45) is 5.14 Å². The fourth-order valence-electron chi connectivity index (χ4n) is 0.823. The van der Waals surface area contributed by atoms with Gasteiger partial charge in [-0.1, -0.05) is 34.8 Å². The van der Waals surface area contributed by atoms with Crippen molar-refractivity contribution in [2.45, 2.75) is 8.69 Å². The van der Waals surface area contributed by atoms with Crippen molar-refractivity contribution in [3.05, 3.63) is 18.0 Å². The monoisotopic (exact) mass is 290 g/mol. The summed E-state index contributed by atoms with van der Waals surface area (Å²) in [7, 11) is -3.87. The number of nitrogens with two attached hydrogens (primary N) is 1. The summed E-state index contributed by atoms with van der Waals surface area (Å²) in [5, 5.41) is 4.82. The van der Waals surface area contributed by atoms with Crippen LogP contribution in [0.1, 0.15) is 10.5 Å². The van der Waals surface area contributed by atoms with Crippen molar-refractivity contribution in [3.8, 4) is 0 Å². The largest absolute Gasteiger partial charge is 0.357 e. The van der Waals surface area contributed by atoms with E-state index >= 15 is 0 Å². The normalized spacial score (nSPS) is 12.8. The summed E-state index contributed by atoms with van der Waals surface area (Å²) in [6.07, 6.45) is 1.04. The first-order valence-electron chi connectivity index (χ1n) is 3.45. The van der Waals surface area contributed by atoms with Gasteiger partial charge in [0.05, 0.1) is 10.6 Å². The van der Waals surface area contributed by atoms with E-state index in [-0.39, 0.29) is 10.6 Å². The minimum absolute atomic E-state index is 0.140. The summed E-state index contributed by atoms with van der Waals surface area (Å²) >= 11 is 16.0. The number of aromatic amines is 1. The smallest absolute Gasteiger partial charge is 0.254 e. The molecule has 0 aromatic carbocycles. The second-order valence-electron chi connectivity index (χ2n) is 2.62. The number of aromatic nitrogens is 1. The van der Waals surface area contributed by atoms with Gasteiger partial charge in [0.15, 0.2) is 0 Å². The van der Waals surface area contributed by atoms with E-state index in [1.807, 2.05) is 0 Å². The minimum atomic E-state index is -3.87. The van der Waals surface area contributed by atoms with Crippen LogP contribution in [0.3, 0.4) is 0 Å². The second-order valence-corrected chi connectivity index (χ2v) is 6.46. The van der Waals surface area contributed by atoms with Crippen LogP contribution in [-0.4, -0.2) is 23.0 Å². The molecule has 1 heterocycles. The number of halogens is 3. The van der Waals surface area contributed by atoms with Gasteiger partial charge in [-0.05, 0) is 6.07 Å². The Morgan fingerprint density at radius 1 is 1.40 bits per heavy atom. The third kappa shape index (κ3) is 3.09. The van der Waals surface area contributed by atoms with E-state index in [9.17, 15) is 13.2 Å². The fraction of sp³-hybridized carbons (Fsp3) is 0.167. The number of Topliss-reactive ketones (excluding diaryl/α,β-unsaturated/α-hetero) is 1. The van der Waals surface area contributed by atoms with Crippen LogP contribution in [0.4, 0.5) is 0 Å². The highest BCUT2D eigenvalue weighted by atomic mass is 35.6. The molecule has 1 rings (SSSR count). The number of carbonyl (C=O) groups is 1. The van der Waals surface area contributed by atoms with E-state index in [1.54, 1.807) is 0 Å². The molecule has 15 heavy (non-hydrogen) atoms. The van der Waals surface area contributed by atoms with Crippen LogP contribution in [0, 0.1) is 0 Å². The van der Waals surface area contributed by atoms with Gasteiger partial charge in [0.1, 0.15) is 0 Å². The molecule has 0 aliphatic rings. The Morgan fingerprint density at radius 3 is 2.27 bits per heavy atom. The highest BCUT2D eigenvalue weighted by Crippen LogP contribution is 2.30. The summed E-state index contributed by atoms with van der Waals surface area (Å²) < 4.78 is 19.6. The fourth-order valence-corrected chi connectivity index (χ4v) is 1.63. The molecule has 0 aliphatic carbocycles. The van der Waals surface area contributed by atoms with Gasteiger partial charge in [0.2, 0.25) is 15.8 Å². The number of carbonyl (C=O) groups excluding carboxylic acids is 1. The Bertz CT molecular complexity index is 488. The predicted octanol–water partition coefficient (Wildman–Crippen LogP) is 1.22. The lowest BCUT2D eigenvalue weighted by atomic mass is 10.3. The van der Waals surface area contributed by atoms with Crippen molar-refractivity contribution in [3.63, 3.8) is 0 Å². The number of sulfonamides is 1. The lowest BCUT2D eigenvalue weighted by molar-refractivity contribution is 0.0992. The number of hydrogen-bond donors (Lipinski definition) is 2. The molecule has 0 unspecified atom stereocenters. The van der Waals surface area contributed by atoms with E-state index < -0.39 is 19.6 Å². The number of H-pyrrole nitrogens is 1. The quantitative estimate of drug-likeness (QED) is 0.633. The second kappa shape index (κ2) is 3.95. The predicted molar refractivity (Wildman–Crippen MR) is 56.8 cm³/mol. The zero-order valence-corrected chi connectivity index (χ0v) is 10.1. The molecule has 0 atom stereocenters. The Morgan fingerprint density at radius 2 is 1.93 bits per heavy atom. The Hall–Kier alpha value is -0.270. The van der Waals surface area contributed by atoms with E-state index in [1.165, 1.54) is 0 Å². The van der Waals surface area contributed by atoms with Crippen LogP contribution in [0.5, 0.6) is 0 Å². The first-order chi connectivity index (χ1) is 6.62. The van der Waals surface area contributed by atoms with E-state index in [4.69, 9.17) is 39.9 Å². The topological polar surface area (TPSA) is 93.0 Å². The molecule has 0 saturated heterocycles. The molecule has 84 valence electrons. The molecule has 1 aromatic rings. The van der Waals surface area contributed by atoms with Crippen molar-refractivity contribution >= 4 is 50.6 Å². The van der Waals surface area contributed by atoms with Crippen molar-refractivity contribution < 1.29 is 13.2 Å². The molecule has 5 nitrogen and oxygen atoms in total. The van der Waals surface area contributed by atoms with E-state index in [0.29, 0.717) is 0 Å². The molecule has 0 fully saturated rings. The third-order valence-electron chi connectivity index (χ3n) is 1.49. The number of hydrogen-bond acceptors (Lipinski definition) is 3. The Labute approximate surface area is 101 Å². The first kappa shape index (κ1) is 12.8. The molecule has 0 spiro atoms. The molecule has 0 saturated carbocycles. The molecular weight excluding hydrogens is 287 g/mol. The maximum Gasteiger partial charge on any atom is 0.254 e. The summed E-state index contributed by atoms with van der Waals surface area (Å²) in [5.74, 6) is -0.859. The van der Waals surface area contributed by atoms with Crippen LogP contribution in [0.25, 0.3) is 0 Å². The number of primary sulfonamides is 1. The van der Waals surface area contributed by atoms with Gasteiger partial charge >= 0.3 is 0 Å². The van der Waals surface area contributed by atoms with Crippen LogP contribution in [0.15, 0.2) is 17.2 Å². The van der Waals surface area contributed by atoms with Crippen LogP contribution in [0.2, 0.25) is 0 Å². The SMILES string of the molecule is NS(=O)(=O)c1c[nH]c(C(=O)C(Cl)(Cl)Cl)c1. The standard InChI is InChI=1S/C6H5Cl3N2O3S/c7-6(8,9)5(12)4-1-3(2-11-4)15(10,13)14/h1-2,11H,(H2,10,13,14). The molecule has 0 radical (unpaired) electrons. The zero-order chi connectivity index (χ0) is 11.9. The van der Waals surface area contributed by atoms with Crippen LogP contribution < -0.4 is 5.14 Å². The third-order valence-corrected chi connectivity index (χ3v) is 2.89. The average molecular weight is 292 g/mol. The number of rotatable bonds is 2. The minimum Gasteiger partial charge on any atom is -0.357 e. The number of ketones is 1. The Kier molecular flexibility index (Phi) is 3.37. The molecule has 9 heteroatoms. The lowest BCUT2D eigenvalue weighted by Crippen LogP contribution is -2.19. The highest BCUT2D eigenvalue weighted by Gasteiger charge is 2.33. The average Bonchev–Trinajstić information content (AvgIpc) is 2.47. The van der Waals surface area contributed by atoms with Crippen molar-refractivity contribution in [1.29, 1.82) is 0 Å². The van der Waals surface area contributed by atoms with Crippen LogP contribution >= 0.6 is 34.8 Å². The first-order valence-corrected chi connectivity index (χ1v) is 6.13. The Balaban J connectivity index is 3.12. The summed E-state index contributed by atoms with van der Waals surface area (Å²) in [4.78, 5) is 13.5. The molecule has 3 N–H and O–H groups in total. The van der Waals surface area contributed by atoms with Gasteiger partial charge < -0.3 is 4.98 Å². The molecule has 0 amide bonds. The summed E-state index contributed by atoms with van der Waals surface area (Å²) in [6, 6.07) is 1.000. The molecule has 0 bridgehead atoms. The summed E-state index contributed by atoms with van der Waals surface area (Å²) in [5.41, 5.74) is -0.140. The maximum atomic E-state index is 11.3. The maximum absolute atomic E-state index is 11.3. The van der Waals surface area contributed by atoms with Gasteiger partial charge in [-0.3, -0.25) is 4.79 Å². The molecular formula is C6H5Cl3N2O3S. The lowest BCUT2D eigenvalue weighted by Gasteiger charge is -2.06. The van der Waals surface area contributed by atoms with Gasteiger partial charge in [-0.15, -0.1) is 0 Å². The van der Waals surface area contributed by atoms with Gasteiger partial charge in [-0.25, -0.2) is 13.6 Å². The van der Waals surface area contributed by atoms with Gasteiger partial charge in [0, 0.05) is 6.20 Å². The highest BCUT2D eigenvalue weighted by molar-refractivity contribution is 7.89. The summed E-state index contributed by atoms with van der Waals surface area (Å²) in [6.45, 7) is 0. The molecule has 0 aliphatic heterocycles. The van der Waals surface area contributed by atoms with Crippen LogP contribution in [-0.2, 0) is 10.0 Å². The number of alkyl halides is 3. The van der Waals surface area contributed by atoms with E-state index in [0.717, 1.165) is 12.3 Å². The molecule has 1 aromatic heterocycles. The van der Waals surface area contributed by atoms with Gasteiger partial charge in [0.25, 0.3) is 3.79 Å². The van der Waals surface area contributed by atoms with Crippen molar-refractivity contribution in [2.75, 3.05) is 0 Å². The van der Waals surface area contributed by atoms with E-state index in [2.05, 4.69) is 4.98 Å². The van der Waals surface area contributed by atoms with Gasteiger partial charge in [-0.2, -0.15) is 0 Å². The van der Waals surface area contributed by atoms with Crippen molar-refractivity contribution in [1.82, 2.24) is 4.98 Å². The zero-order valence-electron chi connectivity index (χ0n) is 7.00. The number of nitrogens with one attached hydrogen (secondary N) is 1.